The van der Waals surface area contributed by atoms with Gasteiger partial charge in [-0.15, -0.1) is 0 Å². The number of alkyl halides is 1. The van der Waals surface area contributed by atoms with E-state index in [0.29, 0.717) is 12.0 Å². The van der Waals surface area contributed by atoms with Crippen LogP contribution in [0.5, 0.6) is 0 Å². The van der Waals surface area contributed by atoms with E-state index >= 15 is 0 Å². The Balaban J connectivity index is 1.89. The summed E-state index contributed by atoms with van der Waals surface area (Å²) in [5.74, 6) is 0.598. The van der Waals surface area contributed by atoms with Crippen LogP contribution < -0.4 is 5.32 Å². The minimum atomic E-state index is -0.137. The molecular formula is C15H20BrNO. The summed E-state index contributed by atoms with van der Waals surface area (Å²) in [6, 6.07) is 10.7. The van der Waals surface area contributed by atoms with Gasteiger partial charge < -0.3 is 5.32 Å². The zero-order valence-corrected chi connectivity index (χ0v) is 12.7. The average Bonchev–Trinajstić information content (AvgIpc) is 3.07. The number of carbonyl (C=O) groups excluding carboxylic acids is 1. The third-order valence-corrected chi connectivity index (χ3v) is 5.13. The molecule has 0 aromatic heterocycles. The van der Waals surface area contributed by atoms with Gasteiger partial charge in [-0.05, 0) is 17.4 Å². The standard InChI is InChI=1S/C15H20BrNO/c1-15(2,3)13(16)14(18)17-12-9-11(12)10-7-5-4-6-8-10/h4-8,11-13H,9H2,1-3H3,(H,17,18). The second-order valence-corrected chi connectivity index (χ2v) is 7.01. The minimum absolute atomic E-state index is 0.0543. The molecule has 1 aliphatic carbocycles. The summed E-state index contributed by atoms with van der Waals surface area (Å²) in [5, 5.41) is 3.12. The van der Waals surface area contributed by atoms with Crippen molar-refractivity contribution < 1.29 is 4.79 Å². The first-order chi connectivity index (χ1) is 8.39. The van der Waals surface area contributed by atoms with Crippen molar-refractivity contribution in [1.29, 1.82) is 0 Å². The highest BCUT2D eigenvalue weighted by atomic mass is 79.9. The average molecular weight is 310 g/mol. The first kappa shape index (κ1) is 13.6. The maximum absolute atomic E-state index is 12.1. The molecule has 0 radical (unpaired) electrons. The third-order valence-electron chi connectivity index (χ3n) is 3.34. The van der Waals surface area contributed by atoms with E-state index in [-0.39, 0.29) is 16.1 Å². The number of nitrogens with one attached hydrogen (secondary N) is 1. The Morgan fingerprint density at radius 2 is 1.94 bits per heavy atom. The highest BCUT2D eigenvalue weighted by molar-refractivity contribution is 9.10. The molecule has 1 fully saturated rings. The van der Waals surface area contributed by atoms with Crippen LogP contribution >= 0.6 is 15.9 Å². The molecule has 2 nitrogen and oxygen atoms in total. The lowest BCUT2D eigenvalue weighted by atomic mass is 9.92. The molecule has 0 heterocycles. The Labute approximate surface area is 117 Å². The molecule has 0 aliphatic heterocycles. The summed E-state index contributed by atoms with van der Waals surface area (Å²) in [6.45, 7) is 6.19. The summed E-state index contributed by atoms with van der Waals surface area (Å²) >= 11 is 3.48. The smallest absolute Gasteiger partial charge is 0.234 e. The van der Waals surface area contributed by atoms with Crippen LogP contribution in [0.3, 0.4) is 0 Å². The van der Waals surface area contributed by atoms with Crippen LogP contribution in [0.1, 0.15) is 38.7 Å². The fourth-order valence-corrected chi connectivity index (χ4v) is 2.20. The van der Waals surface area contributed by atoms with E-state index in [1.807, 2.05) is 6.07 Å². The fraction of sp³-hybridized carbons (Fsp3) is 0.533. The van der Waals surface area contributed by atoms with Crippen LogP contribution in [0.4, 0.5) is 0 Å². The molecule has 1 saturated carbocycles. The maximum atomic E-state index is 12.1. The lowest BCUT2D eigenvalue weighted by molar-refractivity contribution is -0.122. The van der Waals surface area contributed by atoms with E-state index < -0.39 is 0 Å². The molecular weight excluding hydrogens is 290 g/mol. The zero-order valence-electron chi connectivity index (χ0n) is 11.1. The molecule has 3 heteroatoms. The fourth-order valence-electron chi connectivity index (χ4n) is 2.07. The third kappa shape index (κ3) is 3.14. The molecule has 18 heavy (non-hydrogen) atoms. The monoisotopic (exact) mass is 309 g/mol. The van der Waals surface area contributed by atoms with Crippen LogP contribution in [-0.2, 0) is 4.79 Å². The van der Waals surface area contributed by atoms with Gasteiger partial charge in [0.25, 0.3) is 0 Å². The van der Waals surface area contributed by atoms with Crippen LogP contribution in [0, 0.1) is 5.41 Å². The van der Waals surface area contributed by atoms with Gasteiger partial charge in [0, 0.05) is 12.0 Å². The Hall–Kier alpha value is -0.830. The van der Waals surface area contributed by atoms with Gasteiger partial charge in [-0.1, -0.05) is 67.0 Å². The lowest BCUT2D eigenvalue weighted by Crippen LogP contribution is -2.40. The van der Waals surface area contributed by atoms with Gasteiger partial charge >= 0.3 is 0 Å². The van der Waals surface area contributed by atoms with Crippen molar-refractivity contribution in [3.8, 4) is 0 Å². The second-order valence-electron chi connectivity index (χ2n) is 6.10. The first-order valence-electron chi connectivity index (χ1n) is 6.39. The molecule has 1 aromatic carbocycles. The SMILES string of the molecule is CC(C)(C)C(Br)C(=O)NC1CC1c1ccccc1. The predicted molar refractivity (Wildman–Crippen MR) is 77.9 cm³/mol. The van der Waals surface area contributed by atoms with Crippen molar-refractivity contribution in [3.63, 3.8) is 0 Å². The van der Waals surface area contributed by atoms with Crippen molar-refractivity contribution in [3.05, 3.63) is 35.9 Å². The van der Waals surface area contributed by atoms with E-state index in [0.717, 1.165) is 6.42 Å². The van der Waals surface area contributed by atoms with Gasteiger partial charge in [-0.3, -0.25) is 4.79 Å². The first-order valence-corrected chi connectivity index (χ1v) is 7.30. The van der Waals surface area contributed by atoms with E-state index in [1.54, 1.807) is 0 Å². The second kappa shape index (κ2) is 5.04. The van der Waals surface area contributed by atoms with Crippen LogP contribution in [0.15, 0.2) is 30.3 Å². The van der Waals surface area contributed by atoms with E-state index in [1.165, 1.54) is 5.56 Å². The Kier molecular flexibility index (Phi) is 3.81. The molecule has 0 bridgehead atoms. The molecule has 3 atom stereocenters. The molecule has 98 valence electrons. The highest BCUT2D eigenvalue weighted by Crippen LogP contribution is 2.41. The van der Waals surface area contributed by atoms with Crippen LogP contribution in [-0.4, -0.2) is 16.8 Å². The molecule has 0 saturated heterocycles. The quantitative estimate of drug-likeness (QED) is 0.851. The van der Waals surface area contributed by atoms with Gasteiger partial charge in [0.1, 0.15) is 0 Å². The summed E-state index contributed by atoms with van der Waals surface area (Å²) in [7, 11) is 0. The van der Waals surface area contributed by atoms with Gasteiger partial charge in [-0.25, -0.2) is 0 Å². The van der Waals surface area contributed by atoms with Gasteiger partial charge in [0.05, 0.1) is 4.83 Å². The maximum Gasteiger partial charge on any atom is 0.234 e. The number of hydrogen-bond acceptors (Lipinski definition) is 1. The van der Waals surface area contributed by atoms with Gasteiger partial charge in [0.15, 0.2) is 0 Å². The van der Waals surface area contributed by atoms with E-state index in [2.05, 4.69) is 66.3 Å². The summed E-state index contributed by atoms with van der Waals surface area (Å²) < 4.78 is 0. The Bertz CT molecular complexity index is 424. The van der Waals surface area contributed by atoms with Crippen molar-refractivity contribution in [1.82, 2.24) is 5.32 Å². The lowest BCUT2D eigenvalue weighted by Gasteiger charge is -2.24. The molecule has 1 aliphatic rings. The number of halogens is 1. The number of rotatable bonds is 3. The Morgan fingerprint density at radius 3 is 2.50 bits per heavy atom. The summed E-state index contributed by atoms with van der Waals surface area (Å²) in [5.41, 5.74) is 1.27. The molecule has 1 N–H and O–H groups in total. The summed E-state index contributed by atoms with van der Waals surface area (Å²) in [6.07, 6.45) is 1.06. The Morgan fingerprint density at radius 1 is 1.33 bits per heavy atom. The number of carbonyl (C=O) groups is 1. The topological polar surface area (TPSA) is 29.1 Å². The van der Waals surface area contributed by atoms with E-state index in [9.17, 15) is 4.79 Å². The number of hydrogen-bond donors (Lipinski definition) is 1. The summed E-state index contributed by atoms with van der Waals surface area (Å²) in [4.78, 5) is 11.9. The van der Waals surface area contributed by atoms with Gasteiger partial charge in [-0.2, -0.15) is 0 Å². The zero-order chi connectivity index (χ0) is 13.3. The molecule has 2 rings (SSSR count). The van der Waals surface area contributed by atoms with Crippen molar-refractivity contribution in [2.24, 2.45) is 5.41 Å². The number of amides is 1. The highest BCUT2D eigenvalue weighted by Gasteiger charge is 2.41. The molecule has 1 aromatic rings. The van der Waals surface area contributed by atoms with Crippen LogP contribution in [0.25, 0.3) is 0 Å². The van der Waals surface area contributed by atoms with Crippen molar-refractivity contribution >= 4 is 21.8 Å². The normalized spacial score (nSPS) is 24.4. The van der Waals surface area contributed by atoms with E-state index in [4.69, 9.17) is 0 Å². The van der Waals surface area contributed by atoms with Crippen LogP contribution in [0.2, 0.25) is 0 Å². The predicted octanol–water partition coefficient (Wildman–Crippen LogP) is 3.47. The van der Waals surface area contributed by atoms with Crippen molar-refractivity contribution in [2.75, 3.05) is 0 Å². The van der Waals surface area contributed by atoms with Gasteiger partial charge in [0.2, 0.25) is 5.91 Å². The van der Waals surface area contributed by atoms with Crippen molar-refractivity contribution in [2.45, 2.75) is 44.0 Å². The largest absolute Gasteiger partial charge is 0.352 e. The molecule has 3 unspecified atom stereocenters. The number of benzene rings is 1. The molecule has 0 spiro atoms. The molecule has 1 amide bonds. The minimum Gasteiger partial charge on any atom is -0.352 e.